The summed E-state index contributed by atoms with van der Waals surface area (Å²) in [6.07, 6.45) is 0. The SMILES string of the molecule is COc1cccc2ccc(-c3ccc(O)c4c(OC)cccc34)c(O)c12. The highest BCUT2D eigenvalue weighted by Gasteiger charge is 2.17. The first-order valence-electron chi connectivity index (χ1n) is 8.23. The quantitative estimate of drug-likeness (QED) is 0.542. The summed E-state index contributed by atoms with van der Waals surface area (Å²) >= 11 is 0. The number of phenolic OH excluding ortho intramolecular Hbond substituents is 2. The summed E-state index contributed by atoms with van der Waals surface area (Å²) in [5.74, 6) is 1.48. The lowest BCUT2D eigenvalue weighted by molar-refractivity contribution is 0.415. The minimum Gasteiger partial charge on any atom is -0.507 e. The molecule has 0 atom stereocenters. The Kier molecular flexibility index (Phi) is 3.81. The molecule has 4 rings (SSSR count). The Labute approximate surface area is 150 Å². The van der Waals surface area contributed by atoms with Gasteiger partial charge in [-0.1, -0.05) is 30.3 Å². The van der Waals surface area contributed by atoms with Crippen molar-refractivity contribution in [2.45, 2.75) is 0 Å². The van der Waals surface area contributed by atoms with Crippen molar-refractivity contribution in [3.05, 3.63) is 60.7 Å². The van der Waals surface area contributed by atoms with Crippen LogP contribution in [0.5, 0.6) is 23.0 Å². The third kappa shape index (κ3) is 2.30. The molecule has 4 nitrogen and oxygen atoms in total. The maximum atomic E-state index is 11.0. The fraction of sp³-hybridized carbons (Fsp3) is 0.0909. The van der Waals surface area contributed by atoms with Crippen molar-refractivity contribution >= 4 is 21.5 Å². The van der Waals surface area contributed by atoms with Crippen molar-refractivity contribution in [3.8, 4) is 34.1 Å². The number of aromatic hydroxyl groups is 2. The van der Waals surface area contributed by atoms with Crippen molar-refractivity contribution in [1.82, 2.24) is 0 Å². The van der Waals surface area contributed by atoms with Gasteiger partial charge in [-0.3, -0.25) is 0 Å². The Balaban J connectivity index is 2.08. The molecule has 130 valence electrons. The fourth-order valence-corrected chi connectivity index (χ4v) is 3.47. The summed E-state index contributed by atoms with van der Waals surface area (Å²) in [5.41, 5.74) is 1.47. The van der Waals surface area contributed by atoms with Gasteiger partial charge in [0, 0.05) is 5.56 Å². The van der Waals surface area contributed by atoms with Gasteiger partial charge in [-0.15, -0.1) is 0 Å². The van der Waals surface area contributed by atoms with Crippen molar-refractivity contribution < 1.29 is 19.7 Å². The summed E-state index contributed by atoms with van der Waals surface area (Å²) in [4.78, 5) is 0. The normalized spacial score (nSPS) is 11.0. The minimum atomic E-state index is 0.138. The molecule has 0 bridgehead atoms. The van der Waals surface area contributed by atoms with Crippen LogP contribution in [-0.4, -0.2) is 24.4 Å². The molecule has 0 unspecified atom stereocenters. The van der Waals surface area contributed by atoms with E-state index in [1.165, 1.54) is 0 Å². The van der Waals surface area contributed by atoms with E-state index in [9.17, 15) is 10.2 Å². The van der Waals surface area contributed by atoms with Crippen molar-refractivity contribution in [2.24, 2.45) is 0 Å². The summed E-state index contributed by atoms with van der Waals surface area (Å²) in [5, 5.41) is 24.3. The number of hydrogen-bond acceptors (Lipinski definition) is 4. The van der Waals surface area contributed by atoms with Crippen molar-refractivity contribution in [3.63, 3.8) is 0 Å². The van der Waals surface area contributed by atoms with Gasteiger partial charge in [-0.25, -0.2) is 0 Å². The van der Waals surface area contributed by atoms with E-state index in [0.29, 0.717) is 27.8 Å². The van der Waals surface area contributed by atoms with Crippen LogP contribution in [0.15, 0.2) is 60.7 Å². The number of ether oxygens (including phenoxy) is 2. The topological polar surface area (TPSA) is 58.9 Å². The van der Waals surface area contributed by atoms with E-state index >= 15 is 0 Å². The maximum Gasteiger partial charge on any atom is 0.134 e. The van der Waals surface area contributed by atoms with Gasteiger partial charge in [0.05, 0.1) is 25.0 Å². The zero-order valence-corrected chi connectivity index (χ0v) is 14.5. The van der Waals surface area contributed by atoms with Gasteiger partial charge in [0.2, 0.25) is 0 Å². The van der Waals surface area contributed by atoms with Crippen LogP contribution in [0.3, 0.4) is 0 Å². The second kappa shape index (κ2) is 6.15. The van der Waals surface area contributed by atoms with E-state index < -0.39 is 0 Å². The third-order valence-corrected chi connectivity index (χ3v) is 4.69. The van der Waals surface area contributed by atoms with Gasteiger partial charge < -0.3 is 19.7 Å². The van der Waals surface area contributed by atoms with Gasteiger partial charge in [0.15, 0.2) is 0 Å². The standard InChI is InChI=1S/C22H18O4/c1-25-18-7-3-5-13-9-10-16(22(24)20(13)18)14-11-12-17(23)21-15(14)6-4-8-19(21)26-2/h3-12,23-24H,1-2H3. The highest BCUT2D eigenvalue weighted by atomic mass is 16.5. The van der Waals surface area contributed by atoms with E-state index in [2.05, 4.69) is 0 Å². The van der Waals surface area contributed by atoms with E-state index in [-0.39, 0.29) is 11.5 Å². The predicted molar refractivity (Wildman–Crippen MR) is 103 cm³/mol. The second-order valence-electron chi connectivity index (χ2n) is 6.04. The number of benzene rings is 4. The molecule has 2 N–H and O–H groups in total. The predicted octanol–water partition coefficient (Wildman–Crippen LogP) is 5.09. The molecule has 0 saturated heterocycles. The summed E-state index contributed by atoms with van der Waals surface area (Å²) in [7, 11) is 3.15. The first kappa shape index (κ1) is 16.1. The lowest BCUT2D eigenvalue weighted by Gasteiger charge is -2.15. The monoisotopic (exact) mass is 346 g/mol. The number of phenols is 2. The Morgan fingerprint density at radius 1 is 0.654 bits per heavy atom. The molecule has 4 aromatic rings. The van der Waals surface area contributed by atoms with Crippen LogP contribution in [0.2, 0.25) is 0 Å². The summed E-state index contributed by atoms with van der Waals surface area (Å²) in [6.45, 7) is 0. The molecule has 0 fully saturated rings. The summed E-state index contributed by atoms with van der Waals surface area (Å²) in [6, 6.07) is 18.5. The van der Waals surface area contributed by atoms with Crippen molar-refractivity contribution in [2.75, 3.05) is 14.2 Å². The first-order valence-corrected chi connectivity index (χ1v) is 8.23. The Morgan fingerprint density at radius 3 is 2.04 bits per heavy atom. The highest BCUT2D eigenvalue weighted by molar-refractivity contribution is 6.07. The van der Waals surface area contributed by atoms with Crippen LogP contribution in [0.25, 0.3) is 32.7 Å². The molecule has 26 heavy (non-hydrogen) atoms. The Bertz CT molecular complexity index is 1130. The number of hydrogen-bond donors (Lipinski definition) is 2. The van der Waals surface area contributed by atoms with Crippen LogP contribution in [-0.2, 0) is 0 Å². The molecular weight excluding hydrogens is 328 g/mol. The third-order valence-electron chi connectivity index (χ3n) is 4.69. The minimum absolute atomic E-state index is 0.138. The van der Waals surface area contributed by atoms with E-state index in [1.807, 2.05) is 42.5 Å². The smallest absolute Gasteiger partial charge is 0.134 e. The second-order valence-corrected chi connectivity index (χ2v) is 6.04. The van der Waals surface area contributed by atoms with E-state index in [1.54, 1.807) is 32.4 Å². The van der Waals surface area contributed by atoms with Gasteiger partial charge >= 0.3 is 0 Å². The van der Waals surface area contributed by atoms with Gasteiger partial charge in [0.1, 0.15) is 23.0 Å². The molecule has 0 aliphatic carbocycles. The molecular formula is C22H18O4. The van der Waals surface area contributed by atoms with Crippen LogP contribution in [0.4, 0.5) is 0 Å². The molecule has 0 aromatic heterocycles. The van der Waals surface area contributed by atoms with Crippen LogP contribution < -0.4 is 9.47 Å². The van der Waals surface area contributed by atoms with E-state index in [4.69, 9.17) is 9.47 Å². The molecule has 0 saturated carbocycles. The number of fused-ring (bicyclic) bond motifs is 2. The average Bonchev–Trinajstić information content (AvgIpc) is 2.68. The van der Waals surface area contributed by atoms with Crippen LogP contribution in [0, 0.1) is 0 Å². The molecule has 4 aromatic carbocycles. The highest BCUT2D eigenvalue weighted by Crippen LogP contribution is 2.45. The zero-order valence-electron chi connectivity index (χ0n) is 14.5. The molecule has 0 radical (unpaired) electrons. The number of rotatable bonds is 3. The first-order chi connectivity index (χ1) is 12.7. The molecule has 0 aliphatic heterocycles. The van der Waals surface area contributed by atoms with Gasteiger partial charge in [-0.2, -0.15) is 0 Å². The molecule has 0 amide bonds. The van der Waals surface area contributed by atoms with Gasteiger partial charge in [0.25, 0.3) is 0 Å². The van der Waals surface area contributed by atoms with Gasteiger partial charge in [-0.05, 0) is 46.7 Å². The van der Waals surface area contributed by atoms with Crippen LogP contribution >= 0.6 is 0 Å². The summed E-state index contributed by atoms with van der Waals surface area (Å²) < 4.78 is 10.8. The molecule has 0 heterocycles. The maximum absolute atomic E-state index is 11.0. The Morgan fingerprint density at radius 2 is 1.31 bits per heavy atom. The lowest BCUT2D eigenvalue weighted by Crippen LogP contribution is -1.90. The van der Waals surface area contributed by atoms with Crippen LogP contribution in [0.1, 0.15) is 0 Å². The largest absolute Gasteiger partial charge is 0.507 e. The Hall–Kier alpha value is -3.40. The number of methoxy groups -OCH3 is 2. The van der Waals surface area contributed by atoms with E-state index in [0.717, 1.165) is 16.3 Å². The average molecular weight is 346 g/mol. The fourth-order valence-electron chi connectivity index (χ4n) is 3.47. The zero-order chi connectivity index (χ0) is 18.3. The molecule has 0 aliphatic rings. The lowest BCUT2D eigenvalue weighted by atomic mass is 9.94. The molecule has 4 heteroatoms. The van der Waals surface area contributed by atoms with Crippen molar-refractivity contribution in [1.29, 1.82) is 0 Å². The molecule has 0 spiro atoms.